The lowest BCUT2D eigenvalue weighted by molar-refractivity contribution is -0.135. The van der Waals surface area contributed by atoms with Crippen molar-refractivity contribution in [2.24, 2.45) is 5.92 Å². The summed E-state index contributed by atoms with van der Waals surface area (Å²) in [6.45, 7) is 8.53. The van der Waals surface area contributed by atoms with Crippen molar-refractivity contribution < 1.29 is 4.79 Å². The molecule has 1 aliphatic heterocycles. The van der Waals surface area contributed by atoms with E-state index in [1.165, 1.54) is 0 Å². The zero-order valence-electron chi connectivity index (χ0n) is 11.2. The van der Waals surface area contributed by atoms with Gasteiger partial charge in [0.2, 0.25) is 5.91 Å². The summed E-state index contributed by atoms with van der Waals surface area (Å²) in [5.41, 5.74) is -0.00992. The molecular formula is C13H26N2O. The molecule has 3 nitrogen and oxygen atoms in total. The lowest BCUT2D eigenvalue weighted by Crippen LogP contribution is -2.45. The van der Waals surface area contributed by atoms with E-state index in [0.717, 1.165) is 38.8 Å². The molecule has 0 aromatic rings. The van der Waals surface area contributed by atoms with E-state index in [9.17, 15) is 4.79 Å². The van der Waals surface area contributed by atoms with Crippen molar-refractivity contribution in [3.63, 3.8) is 0 Å². The van der Waals surface area contributed by atoms with Gasteiger partial charge in [-0.25, -0.2) is 0 Å². The first-order valence-corrected chi connectivity index (χ1v) is 6.44. The number of carbonyl (C=O) groups is 1. The van der Waals surface area contributed by atoms with Gasteiger partial charge in [-0.3, -0.25) is 4.79 Å². The Kier molecular flexibility index (Phi) is 4.78. The minimum atomic E-state index is -0.00992. The second kappa shape index (κ2) is 5.67. The zero-order valence-corrected chi connectivity index (χ0v) is 11.2. The molecule has 0 unspecified atom stereocenters. The molecule has 1 amide bonds. The maximum atomic E-state index is 12.1. The molecule has 0 radical (unpaired) electrons. The Bertz CT molecular complexity index is 232. The van der Waals surface area contributed by atoms with Gasteiger partial charge < -0.3 is 10.2 Å². The standard InChI is InChI=1S/C13H26N2O/c1-5-13(2,3)15(4)12(16)10-11-6-8-14-9-7-11/h11,14H,5-10H2,1-4H3. The van der Waals surface area contributed by atoms with Crippen LogP contribution in [-0.2, 0) is 4.79 Å². The monoisotopic (exact) mass is 226 g/mol. The van der Waals surface area contributed by atoms with Gasteiger partial charge in [-0.05, 0) is 52.1 Å². The summed E-state index contributed by atoms with van der Waals surface area (Å²) in [5.74, 6) is 0.891. The third-order valence-corrected chi connectivity index (χ3v) is 4.07. The van der Waals surface area contributed by atoms with Crippen LogP contribution in [0.15, 0.2) is 0 Å². The topological polar surface area (TPSA) is 32.3 Å². The van der Waals surface area contributed by atoms with Crippen molar-refractivity contribution >= 4 is 5.91 Å². The SMILES string of the molecule is CCC(C)(C)N(C)C(=O)CC1CCNCC1. The fraction of sp³-hybridized carbons (Fsp3) is 0.923. The molecule has 1 N–H and O–H groups in total. The van der Waals surface area contributed by atoms with Gasteiger partial charge in [-0.15, -0.1) is 0 Å². The van der Waals surface area contributed by atoms with Crippen LogP contribution in [0.1, 0.15) is 46.5 Å². The fourth-order valence-corrected chi connectivity index (χ4v) is 2.04. The van der Waals surface area contributed by atoms with Gasteiger partial charge in [0.15, 0.2) is 0 Å². The predicted molar refractivity (Wildman–Crippen MR) is 67.4 cm³/mol. The van der Waals surface area contributed by atoms with Crippen LogP contribution >= 0.6 is 0 Å². The minimum absolute atomic E-state index is 0.00992. The Hall–Kier alpha value is -0.570. The highest BCUT2D eigenvalue weighted by atomic mass is 16.2. The minimum Gasteiger partial charge on any atom is -0.341 e. The van der Waals surface area contributed by atoms with Crippen LogP contribution in [0.4, 0.5) is 0 Å². The normalized spacial score (nSPS) is 18.5. The number of carbonyl (C=O) groups excluding carboxylic acids is 1. The van der Waals surface area contributed by atoms with Crippen LogP contribution in [0.25, 0.3) is 0 Å². The number of nitrogens with zero attached hydrogens (tertiary/aromatic N) is 1. The summed E-state index contributed by atoms with van der Waals surface area (Å²) in [6, 6.07) is 0. The molecule has 0 bridgehead atoms. The highest BCUT2D eigenvalue weighted by molar-refractivity contribution is 5.76. The summed E-state index contributed by atoms with van der Waals surface area (Å²) >= 11 is 0. The van der Waals surface area contributed by atoms with Crippen molar-refractivity contribution in [2.45, 2.75) is 52.0 Å². The molecule has 94 valence electrons. The predicted octanol–water partition coefficient (Wildman–Crippen LogP) is 2.02. The largest absolute Gasteiger partial charge is 0.341 e. The lowest BCUT2D eigenvalue weighted by atomic mass is 9.92. The first-order chi connectivity index (χ1) is 7.47. The van der Waals surface area contributed by atoms with Gasteiger partial charge in [-0.2, -0.15) is 0 Å². The van der Waals surface area contributed by atoms with E-state index >= 15 is 0 Å². The molecule has 0 aromatic carbocycles. The van der Waals surface area contributed by atoms with Gasteiger partial charge in [0, 0.05) is 19.0 Å². The Morgan fingerprint density at radius 2 is 1.94 bits per heavy atom. The molecule has 1 aliphatic rings. The van der Waals surface area contributed by atoms with E-state index in [0.29, 0.717) is 11.8 Å². The third-order valence-electron chi connectivity index (χ3n) is 4.07. The van der Waals surface area contributed by atoms with E-state index in [1.54, 1.807) is 0 Å². The average Bonchev–Trinajstić information content (AvgIpc) is 2.29. The molecule has 16 heavy (non-hydrogen) atoms. The number of nitrogens with one attached hydrogen (secondary N) is 1. The van der Waals surface area contributed by atoms with E-state index < -0.39 is 0 Å². The summed E-state index contributed by atoms with van der Waals surface area (Å²) in [4.78, 5) is 14.0. The average molecular weight is 226 g/mol. The molecule has 1 fully saturated rings. The number of hydrogen-bond donors (Lipinski definition) is 1. The van der Waals surface area contributed by atoms with Crippen molar-refractivity contribution in [3.05, 3.63) is 0 Å². The van der Waals surface area contributed by atoms with Crippen LogP contribution < -0.4 is 5.32 Å². The summed E-state index contributed by atoms with van der Waals surface area (Å²) < 4.78 is 0. The van der Waals surface area contributed by atoms with E-state index in [4.69, 9.17) is 0 Å². The summed E-state index contributed by atoms with van der Waals surface area (Å²) in [5, 5.41) is 3.33. The molecule has 0 atom stereocenters. The number of amides is 1. The summed E-state index contributed by atoms with van der Waals surface area (Å²) in [7, 11) is 1.94. The molecule has 1 saturated heterocycles. The molecule has 0 aromatic heterocycles. The van der Waals surface area contributed by atoms with Crippen molar-refractivity contribution in [2.75, 3.05) is 20.1 Å². The third kappa shape index (κ3) is 3.48. The van der Waals surface area contributed by atoms with E-state index in [2.05, 4.69) is 26.1 Å². The molecule has 3 heteroatoms. The van der Waals surface area contributed by atoms with Crippen LogP contribution in [0.5, 0.6) is 0 Å². The number of rotatable bonds is 4. The van der Waals surface area contributed by atoms with Gasteiger partial charge >= 0.3 is 0 Å². The molecule has 1 heterocycles. The Morgan fingerprint density at radius 1 is 1.38 bits per heavy atom. The smallest absolute Gasteiger partial charge is 0.223 e. The molecule has 0 saturated carbocycles. The van der Waals surface area contributed by atoms with Crippen LogP contribution in [-0.4, -0.2) is 36.5 Å². The lowest BCUT2D eigenvalue weighted by Gasteiger charge is -2.36. The Labute approximate surface area is 99.6 Å². The molecular weight excluding hydrogens is 200 g/mol. The van der Waals surface area contributed by atoms with Crippen molar-refractivity contribution in [1.82, 2.24) is 10.2 Å². The number of piperidine rings is 1. The zero-order chi connectivity index (χ0) is 12.2. The van der Waals surface area contributed by atoms with Gasteiger partial charge in [0.1, 0.15) is 0 Å². The second-order valence-electron chi connectivity index (χ2n) is 5.52. The molecule has 1 rings (SSSR count). The van der Waals surface area contributed by atoms with Gasteiger partial charge in [0.25, 0.3) is 0 Å². The first-order valence-electron chi connectivity index (χ1n) is 6.44. The molecule has 0 aliphatic carbocycles. The maximum absolute atomic E-state index is 12.1. The maximum Gasteiger partial charge on any atom is 0.223 e. The second-order valence-corrected chi connectivity index (χ2v) is 5.52. The van der Waals surface area contributed by atoms with Crippen LogP contribution in [0.3, 0.4) is 0 Å². The van der Waals surface area contributed by atoms with Crippen LogP contribution in [0, 0.1) is 5.92 Å². The number of hydrogen-bond acceptors (Lipinski definition) is 2. The van der Waals surface area contributed by atoms with Gasteiger partial charge in [-0.1, -0.05) is 6.92 Å². The first kappa shape index (κ1) is 13.5. The van der Waals surface area contributed by atoms with Crippen molar-refractivity contribution in [3.8, 4) is 0 Å². The molecule has 0 spiro atoms. The van der Waals surface area contributed by atoms with Crippen LogP contribution in [0.2, 0.25) is 0 Å². The quantitative estimate of drug-likeness (QED) is 0.795. The Balaban J connectivity index is 2.44. The Morgan fingerprint density at radius 3 is 2.44 bits per heavy atom. The highest BCUT2D eigenvalue weighted by Crippen LogP contribution is 2.22. The van der Waals surface area contributed by atoms with E-state index in [1.807, 2.05) is 11.9 Å². The fourth-order valence-electron chi connectivity index (χ4n) is 2.04. The van der Waals surface area contributed by atoms with Gasteiger partial charge in [0.05, 0.1) is 0 Å². The van der Waals surface area contributed by atoms with E-state index in [-0.39, 0.29) is 5.54 Å². The summed E-state index contributed by atoms with van der Waals surface area (Å²) in [6.07, 6.45) is 4.02. The highest BCUT2D eigenvalue weighted by Gasteiger charge is 2.27. The van der Waals surface area contributed by atoms with Crippen molar-refractivity contribution in [1.29, 1.82) is 0 Å².